The van der Waals surface area contributed by atoms with Crippen molar-refractivity contribution >= 4 is 28.8 Å². The molecule has 0 aliphatic carbocycles. The maximum absolute atomic E-state index is 13.3. The zero-order chi connectivity index (χ0) is 19.1. The van der Waals surface area contributed by atoms with Gasteiger partial charge in [0.1, 0.15) is 0 Å². The summed E-state index contributed by atoms with van der Waals surface area (Å²) in [4.78, 5) is 32.4. The van der Waals surface area contributed by atoms with Crippen LogP contribution in [0.15, 0.2) is 42.5 Å². The first-order chi connectivity index (χ1) is 13.0. The van der Waals surface area contributed by atoms with Gasteiger partial charge in [-0.25, -0.2) is 4.98 Å². The third-order valence-corrected chi connectivity index (χ3v) is 5.83. The van der Waals surface area contributed by atoms with Gasteiger partial charge in [0, 0.05) is 34.5 Å². The molecule has 0 atom stereocenters. The molecule has 0 fully saturated rings. The highest BCUT2D eigenvalue weighted by molar-refractivity contribution is 7.12. The van der Waals surface area contributed by atoms with Gasteiger partial charge in [0.2, 0.25) is 5.91 Å². The van der Waals surface area contributed by atoms with E-state index < -0.39 is 5.91 Å². The average molecular weight is 377 g/mol. The molecule has 2 aromatic carbocycles. The monoisotopic (exact) mass is 377 g/mol. The van der Waals surface area contributed by atoms with Gasteiger partial charge in [-0.1, -0.05) is 18.2 Å². The highest BCUT2D eigenvalue weighted by atomic mass is 32.1. The topological polar surface area (TPSA) is 76.3 Å². The van der Waals surface area contributed by atoms with E-state index in [0.29, 0.717) is 23.2 Å². The Balaban J connectivity index is 1.77. The van der Waals surface area contributed by atoms with Crippen molar-refractivity contribution < 1.29 is 9.59 Å². The first kappa shape index (κ1) is 17.4. The van der Waals surface area contributed by atoms with E-state index in [0.717, 1.165) is 28.4 Å². The fourth-order valence-corrected chi connectivity index (χ4v) is 4.47. The number of fused-ring (bicyclic) bond motifs is 3. The van der Waals surface area contributed by atoms with E-state index in [-0.39, 0.29) is 5.91 Å². The summed E-state index contributed by atoms with van der Waals surface area (Å²) in [6.07, 6.45) is 0.764. The molecule has 4 rings (SSSR count). The van der Waals surface area contributed by atoms with Crippen molar-refractivity contribution in [3.05, 3.63) is 69.0 Å². The molecule has 2 heterocycles. The normalized spacial score (nSPS) is 12.9. The largest absolute Gasteiger partial charge is 0.366 e. The van der Waals surface area contributed by atoms with Crippen molar-refractivity contribution in [3.8, 4) is 11.3 Å². The zero-order valence-corrected chi connectivity index (χ0v) is 16.0. The molecule has 0 bridgehead atoms. The number of para-hydroxylation sites is 1. The molecule has 0 unspecified atom stereocenters. The Morgan fingerprint density at radius 3 is 2.67 bits per heavy atom. The number of carbonyl (C=O) groups excluding carboxylic acids is 2. The van der Waals surface area contributed by atoms with Crippen LogP contribution in [-0.2, 0) is 6.42 Å². The third kappa shape index (κ3) is 3.02. The second-order valence-electron chi connectivity index (χ2n) is 6.62. The van der Waals surface area contributed by atoms with Gasteiger partial charge in [-0.2, -0.15) is 0 Å². The van der Waals surface area contributed by atoms with Crippen LogP contribution < -0.4 is 10.6 Å². The van der Waals surface area contributed by atoms with E-state index in [9.17, 15) is 9.59 Å². The standard InChI is InChI=1S/C21H19N3O2S/c1-12-11-14(7-8-15(12)20(22)25)21(26)24-10-9-18-19(23-13(2)27-18)16-5-3-4-6-17(16)24/h3-8,11H,9-10H2,1-2H3,(H2,22,25). The molecule has 136 valence electrons. The van der Waals surface area contributed by atoms with E-state index in [4.69, 9.17) is 10.7 Å². The lowest BCUT2D eigenvalue weighted by Gasteiger charge is -2.23. The molecule has 6 heteroatoms. The molecule has 0 spiro atoms. The van der Waals surface area contributed by atoms with E-state index in [1.165, 1.54) is 4.88 Å². The number of aryl methyl sites for hydroxylation is 2. The summed E-state index contributed by atoms with van der Waals surface area (Å²) in [5, 5.41) is 1.03. The number of amides is 2. The highest BCUT2D eigenvalue weighted by Crippen LogP contribution is 2.38. The molecule has 1 aromatic heterocycles. The van der Waals surface area contributed by atoms with Crippen LogP contribution in [0.4, 0.5) is 5.69 Å². The summed E-state index contributed by atoms with van der Waals surface area (Å²) in [6, 6.07) is 12.9. The van der Waals surface area contributed by atoms with E-state index >= 15 is 0 Å². The number of rotatable bonds is 2. The number of hydrogen-bond acceptors (Lipinski definition) is 4. The summed E-state index contributed by atoms with van der Waals surface area (Å²) in [6.45, 7) is 4.38. The lowest BCUT2D eigenvalue weighted by atomic mass is 10.0. The number of primary amides is 1. The molecule has 27 heavy (non-hydrogen) atoms. The Morgan fingerprint density at radius 2 is 1.93 bits per heavy atom. The van der Waals surface area contributed by atoms with Crippen LogP contribution in [-0.4, -0.2) is 23.3 Å². The SMILES string of the molecule is Cc1nc2c(s1)CCN(C(=O)c1ccc(C(N)=O)c(C)c1)c1ccccc1-2. The molecular weight excluding hydrogens is 358 g/mol. The van der Waals surface area contributed by atoms with Crippen LogP contribution >= 0.6 is 11.3 Å². The van der Waals surface area contributed by atoms with Gasteiger partial charge in [0.05, 0.1) is 16.4 Å². The smallest absolute Gasteiger partial charge is 0.258 e. The minimum Gasteiger partial charge on any atom is -0.366 e. The van der Waals surface area contributed by atoms with Gasteiger partial charge >= 0.3 is 0 Å². The van der Waals surface area contributed by atoms with E-state index in [1.54, 1.807) is 41.4 Å². The zero-order valence-electron chi connectivity index (χ0n) is 15.2. The summed E-state index contributed by atoms with van der Waals surface area (Å²) >= 11 is 1.68. The van der Waals surface area contributed by atoms with Crippen LogP contribution in [0.25, 0.3) is 11.3 Å². The Hall–Kier alpha value is -2.99. The van der Waals surface area contributed by atoms with E-state index in [2.05, 4.69) is 0 Å². The summed E-state index contributed by atoms with van der Waals surface area (Å²) in [5.74, 6) is -0.578. The fraction of sp³-hybridized carbons (Fsp3) is 0.190. The highest BCUT2D eigenvalue weighted by Gasteiger charge is 2.27. The Bertz CT molecular complexity index is 1070. The maximum atomic E-state index is 13.3. The van der Waals surface area contributed by atoms with Crippen LogP contribution in [0, 0.1) is 13.8 Å². The lowest BCUT2D eigenvalue weighted by Crippen LogP contribution is -2.32. The second-order valence-corrected chi connectivity index (χ2v) is 7.91. The number of hydrogen-bond donors (Lipinski definition) is 1. The van der Waals surface area contributed by atoms with Crippen molar-refractivity contribution in [1.29, 1.82) is 0 Å². The maximum Gasteiger partial charge on any atom is 0.258 e. The first-order valence-electron chi connectivity index (χ1n) is 8.73. The molecule has 0 saturated carbocycles. The van der Waals surface area contributed by atoms with Crippen LogP contribution in [0.1, 0.15) is 36.2 Å². The van der Waals surface area contributed by atoms with Gasteiger partial charge < -0.3 is 10.6 Å². The number of carbonyl (C=O) groups is 2. The number of thiazole rings is 1. The number of anilines is 1. The number of nitrogens with zero attached hydrogens (tertiary/aromatic N) is 2. The van der Waals surface area contributed by atoms with Gasteiger partial charge in [-0.15, -0.1) is 11.3 Å². The molecular formula is C21H19N3O2S. The number of aromatic nitrogens is 1. The third-order valence-electron chi connectivity index (χ3n) is 4.80. The average Bonchev–Trinajstić information content (AvgIpc) is 2.95. The molecule has 2 N–H and O–H groups in total. The fourth-order valence-electron chi connectivity index (χ4n) is 3.53. The molecule has 0 saturated heterocycles. The van der Waals surface area contributed by atoms with Crippen molar-refractivity contribution in [2.24, 2.45) is 5.73 Å². The number of benzene rings is 2. The van der Waals surface area contributed by atoms with Crippen molar-refractivity contribution in [2.45, 2.75) is 20.3 Å². The van der Waals surface area contributed by atoms with Gasteiger partial charge in [-0.05, 0) is 43.7 Å². The molecule has 2 amide bonds. The summed E-state index contributed by atoms with van der Waals surface area (Å²) in [7, 11) is 0. The predicted octanol–water partition coefficient (Wildman–Crippen LogP) is 3.73. The minimum absolute atomic E-state index is 0.0894. The summed E-state index contributed by atoms with van der Waals surface area (Å²) < 4.78 is 0. The Kier molecular flexibility index (Phi) is 4.28. The van der Waals surface area contributed by atoms with Gasteiger partial charge in [-0.3, -0.25) is 9.59 Å². The van der Waals surface area contributed by atoms with Crippen molar-refractivity contribution in [3.63, 3.8) is 0 Å². The molecule has 5 nitrogen and oxygen atoms in total. The van der Waals surface area contributed by atoms with Crippen LogP contribution in [0.3, 0.4) is 0 Å². The quantitative estimate of drug-likeness (QED) is 0.739. The van der Waals surface area contributed by atoms with Gasteiger partial charge in [0.25, 0.3) is 5.91 Å². The minimum atomic E-state index is -0.488. The molecule has 1 aliphatic heterocycles. The van der Waals surface area contributed by atoms with E-state index in [1.807, 2.05) is 31.2 Å². The Labute approximate surface area is 161 Å². The predicted molar refractivity (Wildman–Crippen MR) is 107 cm³/mol. The Morgan fingerprint density at radius 1 is 1.15 bits per heavy atom. The number of nitrogens with two attached hydrogens (primary N) is 1. The van der Waals surface area contributed by atoms with Crippen LogP contribution in [0.2, 0.25) is 0 Å². The van der Waals surface area contributed by atoms with Gasteiger partial charge in [0.15, 0.2) is 0 Å². The van der Waals surface area contributed by atoms with Crippen molar-refractivity contribution in [2.75, 3.05) is 11.4 Å². The second kappa shape index (κ2) is 6.63. The molecule has 1 aliphatic rings. The molecule has 0 radical (unpaired) electrons. The summed E-state index contributed by atoms with van der Waals surface area (Å²) in [5.41, 5.74) is 9.88. The van der Waals surface area contributed by atoms with Crippen LogP contribution in [0.5, 0.6) is 0 Å². The first-order valence-corrected chi connectivity index (χ1v) is 9.55. The van der Waals surface area contributed by atoms with Crippen molar-refractivity contribution in [1.82, 2.24) is 4.98 Å². The molecule has 3 aromatic rings. The lowest BCUT2D eigenvalue weighted by molar-refractivity contribution is 0.0980.